The van der Waals surface area contributed by atoms with Crippen molar-refractivity contribution in [1.29, 1.82) is 0 Å². The highest BCUT2D eigenvalue weighted by molar-refractivity contribution is 8.67. The second kappa shape index (κ2) is 7.41. The molecule has 1 atom stereocenters. The minimum Gasteiger partial charge on any atom is -0.469 e. The summed E-state index contributed by atoms with van der Waals surface area (Å²) in [5.74, 6) is 0.170. The zero-order valence-corrected chi connectivity index (χ0v) is 14.5. The predicted octanol–water partition coefficient (Wildman–Crippen LogP) is 3.61. The van der Waals surface area contributed by atoms with Crippen molar-refractivity contribution in [1.82, 2.24) is 0 Å². The maximum Gasteiger partial charge on any atom is 0.309 e. The maximum atomic E-state index is 11.3. The SMILES string of the molecule is CCC1(CC)COP(=S)(SCC(C)C(=O)OC)OC1. The Kier molecular flexibility index (Phi) is 6.81. The first-order valence-electron chi connectivity index (χ1n) is 6.52. The highest BCUT2D eigenvalue weighted by atomic mass is 32.9. The zero-order valence-electron chi connectivity index (χ0n) is 12.0. The maximum absolute atomic E-state index is 11.3. The summed E-state index contributed by atoms with van der Waals surface area (Å²) in [5.41, 5.74) is -2.17. The van der Waals surface area contributed by atoms with Gasteiger partial charge < -0.3 is 13.8 Å². The fraction of sp³-hybridized carbons (Fsp3) is 0.917. The zero-order chi connectivity index (χ0) is 14.5. The number of rotatable bonds is 6. The normalized spacial score (nSPS) is 22.7. The van der Waals surface area contributed by atoms with E-state index >= 15 is 0 Å². The number of carbonyl (C=O) groups is 1. The van der Waals surface area contributed by atoms with E-state index in [2.05, 4.69) is 13.8 Å². The first-order valence-corrected chi connectivity index (χ1v) is 10.7. The molecule has 7 heteroatoms. The standard InChI is InChI=1S/C12H23O4PS2/c1-5-12(6-2)8-15-17(18,16-9-12)19-7-10(3)11(13)14-4/h10H,5-9H2,1-4H3. The molecule has 1 aliphatic rings. The van der Waals surface area contributed by atoms with Crippen molar-refractivity contribution < 1.29 is 18.6 Å². The van der Waals surface area contributed by atoms with E-state index in [-0.39, 0.29) is 17.3 Å². The molecule has 4 nitrogen and oxygen atoms in total. The highest BCUT2D eigenvalue weighted by Crippen LogP contribution is 2.65. The average molecular weight is 326 g/mol. The number of methoxy groups -OCH3 is 1. The van der Waals surface area contributed by atoms with Gasteiger partial charge in [-0.2, -0.15) is 0 Å². The van der Waals surface area contributed by atoms with Crippen LogP contribution in [0.4, 0.5) is 0 Å². The predicted molar refractivity (Wildman–Crippen MR) is 82.8 cm³/mol. The summed E-state index contributed by atoms with van der Waals surface area (Å²) in [4.78, 5) is 11.3. The van der Waals surface area contributed by atoms with Crippen LogP contribution in [-0.2, 0) is 30.4 Å². The lowest BCUT2D eigenvalue weighted by molar-refractivity contribution is -0.143. The molecule has 1 saturated heterocycles. The van der Waals surface area contributed by atoms with Gasteiger partial charge in [0.2, 0.25) is 5.69 Å². The first kappa shape index (κ1) is 17.4. The molecule has 0 amide bonds. The Bertz CT molecular complexity index is 344. The minimum atomic E-state index is -2.28. The van der Waals surface area contributed by atoms with Gasteiger partial charge >= 0.3 is 5.97 Å². The fourth-order valence-electron chi connectivity index (χ4n) is 1.72. The molecule has 1 unspecified atom stereocenters. The van der Waals surface area contributed by atoms with Crippen LogP contribution in [0.1, 0.15) is 33.6 Å². The third kappa shape index (κ3) is 4.71. The molecule has 0 aromatic heterocycles. The average Bonchev–Trinajstić information content (AvgIpc) is 2.45. The van der Waals surface area contributed by atoms with Gasteiger partial charge in [-0.15, -0.1) is 0 Å². The van der Waals surface area contributed by atoms with Gasteiger partial charge in [-0.1, -0.05) is 32.2 Å². The van der Waals surface area contributed by atoms with Crippen LogP contribution in [0.5, 0.6) is 0 Å². The van der Waals surface area contributed by atoms with Crippen LogP contribution in [0, 0.1) is 11.3 Å². The van der Waals surface area contributed by atoms with Crippen molar-refractivity contribution in [3.05, 3.63) is 0 Å². The van der Waals surface area contributed by atoms with Gasteiger partial charge in [0.15, 0.2) is 0 Å². The Morgan fingerprint density at radius 3 is 2.37 bits per heavy atom. The Labute approximate surface area is 124 Å². The number of hydrogen-bond acceptors (Lipinski definition) is 6. The Morgan fingerprint density at radius 1 is 1.42 bits per heavy atom. The molecular weight excluding hydrogens is 303 g/mol. The molecule has 0 aromatic carbocycles. The largest absolute Gasteiger partial charge is 0.469 e. The van der Waals surface area contributed by atoms with Crippen LogP contribution in [0.2, 0.25) is 0 Å². The number of hydrogen-bond donors (Lipinski definition) is 0. The minimum absolute atomic E-state index is 0.108. The van der Waals surface area contributed by atoms with Crippen LogP contribution < -0.4 is 0 Å². The van der Waals surface area contributed by atoms with E-state index in [0.717, 1.165) is 12.8 Å². The molecule has 0 spiro atoms. The van der Waals surface area contributed by atoms with E-state index in [9.17, 15) is 4.79 Å². The highest BCUT2D eigenvalue weighted by Gasteiger charge is 2.38. The molecule has 0 aromatic rings. The van der Waals surface area contributed by atoms with E-state index in [4.69, 9.17) is 25.6 Å². The summed E-state index contributed by atoms with van der Waals surface area (Å²) in [6.45, 7) is 7.45. The molecule has 0 bridgehead atoms. The molecule has 0 saturated carbocycles. The van der Waals surface area contributed by atoms with E-state index in [1.54, 1.807) is 0 Å². The quantitative estimate of drug-likeness (QED) is 0.549. The smallest absolute Gasteiger partial charge is 0.309 e. The van der Waals surface area contributed by atoms with Gasteiger partial charge in [0, 0.05) is 11.2 Å². The van der Waals surface area contributed by atoms with Crippen LogP contribution in [0.3, 0.4) is 0 Å². The number of carbonyl (C=O) groups excluding carboxylic acids is 1. The van der Waals surface area contributed by atoms with E-state index in [1.807, 2.05) is 6.92 Å². The summed E-state index contributed by atoms with van der Waals surface area (Å²) in [6.07, 6.45) is 2.06. The van der Waals surface area contributed by atoms with Gasteiger partial charge in [0.05, 0.1) is 26.2 Å². The molecule has 19 heavy (non-hydrogen) atoms. The van der Waals surface area contributed by atoms with Gasteiger partial charge in [-0.05, 0) is 24.6 Å². The summed E-state index contributed by atoms with van der Waals surface area (Å²) in [5, 5.41) is 0. The molecule has 0 N–H and O–H groups in total. The topological polar surface area (TPSA) is 44.8 Å². The summed E-state index contributed by atoms with van der Waals surface area (Å²) >= 11 is 6.92. The van der Waals surface area contributed by atoms with Crippen molar-refractivity contribution >= 4 is 34.9 Å². The van der Waals surface area contributed by atoms with E-state index < -0.39 is 5.69 Å². The first-order chi connectivity index (χ1) is 8.90. The molecule has 1 fully saturated rings. The van der Waals surface area contributed by atoms with Crippen molar-refractivity contribution in [2.45, 2.75) is 33.6 Å². The lowest BCUT2D eigenvalue weighted by Crippen LogP contribution is -2.34. The van der Waals surface area contributed by atoms with Crippen molar-refractivity contribution in [2.75, 3.05) is 26.1 Å². The second-order valence-corrected chi connectivity index (χ2v) is 11.3. The Morgan fingerprint density at radius 2 is 1.95 bits per heavy atom. The summed E-state index contributed by atoms with van der Waals surface area (Å²) < 4.78 is 16.4. The molecule has 1 rings (SSSR count). The lowest BCUT2D eigenvalue weighted by atomic mass is 9.84. The molecule has 1 aliphatic heterocycles. The summed E-state index contributed by atoms with van der Waals surface area (Å²) in [6, 6.07) is 0. The number of ether oxygens (including phenoxy) is 1. The van der Waals surface area contributed by atoms with Crippen LogP contribution in [0.25, 0.3) is 0 Å². The van der Waals surface area contributed by atoms with Gasteiger partial charge in [0.25, 0.3) is 0 Å². The Balaban J connectivity index is 2.48. The van der Waals surface area contributed by atoms with Gasteiger partial charge in [-0.3, -0.25) is 4.79 Å². The molecule has 1 heterocycles. The third-order valence-corrected chi connectivity index (χ3v) is 9.11. The van der Waals surface area contributed by atoms with Crippen molar-refractivity contribution in [3.63, 3.8) is 0 Å². The van der Waals surface area contributed by atoms with Crippen LogP contribution in [0.15, 0.2) is 0 Å². The molecular formula is C12H23O4PS2. The van der Waals surface area contributed by atoms with Crippen molar-refractivity contribution in [3.8, 4) is 0 Å². The number of esters is 1. The third-order valence-electron chi connectivity index (χ3n) is 3.64. The van der Waals surface area contributed by atoms with Gasteiger partial charge in [0.1, 0.15) is 0 Å². The second-order valence-electron chi connectivity index (χ2n) is 4.92. The lowest BCUT2D eigenvalue weighted by Gasteiger charge is -2.39. The monoisotopic (exact) mass is 326 g/mol. The van der Waals surface area contributed by atoms with Crippen LogP contribution in [-0.4, -0.2) is 32.0 Å². The summed E-state index contributed by atoms with van der Waals surface area (Å²) in [7, 11) is 1.40. The molecule has 112 valence electrons. The Hall–Kier alpha value is 0.390. The molecule has 0 aliphatic carbocycles. The fourth-order valence-corrected chi connectivity index (χ4v) is 6.19. The molecule has 0 radical (unpaired) electrons. The van der Waals surface area contributed by atoms with Crippen LogP contribution >= 0.6 is 17.1 Å². The van der Waals surface area contributed by atoms with Crippen molar-refractivity contribution in [2.24, 2.45) is 11.3 Å². The van der Waals surface area contributed by atoms with E-state index in [1.165, 1.54) is 18.5 Å². The van der Waals surface area contributed by atoms with Gasteiger partial charge in [-0.25, -0.2) is 0 Å². The van der Waals surface area contributed by atoms with E-state index in [0.29, 0.717) is 19.0 Å².